The number of carbonyl (C=O) groups is 1. The van der Waals surface area contributed by atoms with Gasteiger partial charge in [0.2, 0.25) is 0 Å². The van der Waals surface area contributed by atoms with E-state index in [4.69, 9.17) is 0 Å². The number of hydrogen-bond acceptors (Lipinski definition) is 2. The Kier molecular flexibility index (Phi) is 4.45. The summed E-state index contributed by atoms with van der Waals surface area (Å²) >= 11 is 0. The maximum Gasteiger partial charge on any atom is 0.140 e. The molecule has 0 aliphatic carbocycles. The van der Waals surface area contributed by atoms with E-state index in [1.54, 1.807) is 12.4 Å². The number of hydrogen-bond donors (Lipinski definition) is 0. The smallest absolute Gasteiger partial charge is 0.140 e. The second-order valence-electron chi connectivity index (χ2n) is 4.95. The van der Waals surface area contributed by atoms with Gasteiger partial charge in [-0.3, -0.25) is 9.78 Å². The van der Waals surface area contributed by atoms with Gasteiger partial charge in [0.1, 0.15) is 5.78 Å². The van der Waals surface area contributed by atoms with Gasteiger partial charge in [0.05, 0.1) is 0 Å². The zero-order chi connectivity index (χ0) is 13.7. The van der Waals surface area contributed by atoms with Gasteiger partial charge in [-0.1, -0.05) is 36.8 Å². The molecule has 0 bridgehead atoms. The minimum atomic E-state index is -0.0477. The Morgan fingerprint density at radius 3 is 2.37 bits per heavy atom. The summed E-state index contributed by atoms with van der Waals surface area (Å²) in [6, 6.07) is 12.2. The predicted octanol–water partition coefficient (Wildman–Crippen LogP) is 3.70. The topological polar surface area (TPSA) is 30.0 Å². The average Bonchev–Trinajstić information content (AvgIpc) is 2.46. The standard InChI is InChI=1S/C17H19NO/c1-13-3-5-15(6-4-13)7-8-17(19)14(2)16-9-11-18-12-10-16/h3-6,9-12,14H,7-8H2,1-2H3. The lowest BCUT2D eigenvalue weighted by Crippen LogP contribution is -2.10. The summed E-state index contributed by atoms with van der Waals surface area (Å²) in [6.45, 7) is 4.03. The Bertz CT molecular complexity index is 531. The average molecular weight is 253 g/mol. The number of benzene rings is 1. The Balaban J connectivity index is 1.93. The summed E-state index contributed by atoms with van der Waals surface area (Å²) in [5.74, 6) is 0.236. The van der Waals surface area contributed by atoms with Gasteiger partial charge in [-0.2, -0.15) is 0 Å². The second kappa shape index (κ2) is 6.28. The van der Waals surface area contributed by atoms with E-state index in [0.29, 0.717) is 6.42 Å². The largest absolute Gasteiger partial charge is 0.299 e. The highest BCUT2D eigenvalue weighted by molar-refractivity contribution is 5.85. The molecule has 19 heavy (non-hydrogen) atoms. The number of rotatable bonds is 5. The summed E-state index contributed by atoms with van der Waals surface area (Å²) in [4.78, 5) is 16.1. The molecule has 2 rings (SSSR count). The Labute approximate surface area is 114 Å². The molecule has 0 spiro atoms. The van der Waals surface area contributed by atoms with Crippen molar-refractivity contribution in [1.82, 2.24) is 4.98 Å². The highest BCUT2D eigenvalue weighted by Gasteiger charge is 2.14. The molecule has 0 saturated carbocycles. The van der Waals surface area contributed by atoms with Crippen LogP contribution in [0.4, 0.5) is 0 Å². The monoisotopic (exact) mass is 253 g/mol. The first-order valence-electron chi connectivity index (χ1n) is 6.65. The summed E-state index contributed by atoms with van der Waals surface area (Å²) < 4.78 is 0. The van der Waals surface area contributed by atoms with Crippen LogP contribution in [0, 0.1) is 6.92 Å². The van der Waals surface area contributed by atoms with Crippen molar-refractivity contribution in [3.63, 3.8) is 0 Å². The van der Waals surface area contributed by atoms with Crippen molar-refractivity contribution in [3.8, 4) is 0 Å². The van der Waals surface area contributed by atoms with Gasteiger partial charge in [0.25, 0.3) is 0 Å². The van der Waals surface area contributed by atoms with Gasteiger partial charge in [0, 0.05) is 24.7 Å². The molecule has 0 N–H and O–H groups in total. The van der Waals surface area contributed by atoms with Crippen LogP contribution >= 0.6 is 0 Å². The van der Waals surface area contributed by atoms with Crippen LogP contribution in [0.15, 0.2) is 48.8 Å². The van der Waals surface area contributed by atoms with Crippen LogP contribution in [0.2, 0.25) is 0 Å². The Morgan fingerprint density at radius 2 is 1.74 bits per heavy atom. The van der Waals surface area contributed by atoms with E-state index in [9.17, 15) is 4.79 Å². The third-order valence-electron chi connectivity index (χ3n) is 3.47. The van der Waals surface area contributed by atoms with Crippen LogP contribution in [0.25, 0.3) is 0 Å². The lowest BCUT2D eigenvalue weighted by molar-refractivity contribution is -0.120. The van der Waals surface area contributed by atoms with Gasteiger partial charge in [0.15, 0.2) is 0 Å². The molecule has 0 amide bonds. The van der Waals surface area contributed by atoms with E-state index in [2.05, 4.69) is 36.2 Å². The van der Waals surface area contributed by atoms with Gasteiger partial charge < -0.3 is 0 Å². The minimum absolute atomic E-state index is 0.0477. The van der Waals surface area contributed by atoms with Crippen LogP contribution in [0.1, 0.15) is 36.0 Å². The fourth-order valence-corrected chi connectivity index (χ4v) is 2.08. The Morgan fingerprint density at radius 1 is 1.11 bits per heavy atom. The van der Waals surface area contributed by atoms with Crippen LogP contribution in [0.5, 0.6) is 0 Å². The number of Topliss-reactive ketones (excluding diaryl/α,β-unsaturated/α-hetero) is 1. The minimum Gasteiger partial charge on any atom is -0.299 e. The molecule has 2 nitrogen and oxygen atoms in total. The lowest BCUT2D eigenvalue weighted by Gasteiger charge is -2.10. The summed E-state index contributed by atoms with van der Waals surface area (Å²) in [7, 11) is 0. The van der Waals surface area contributed by atoms with Crippen molar-refractivity contribution in [3.05, 3.63) is 65.5 Å². The molecule has 2 heteroatoms. The molecule has 98 valence electrons. The molecular weight excluding hydrogens is 234 g/mol. The molecule has 1 unspecified atom stereocenters. The second-order valence-corrected chi connectivity index (χ2v) is 4.95. The highest BCUT2D eigenvalue weighted by atomic mass is 16.1. The summed E-state index contributed by atoms with van der Waals surface area (Å²) in [6.07, 6.45) is 4.87. The molecule has 0 radical (unpaired) electrons. The molecule has 2 aromatic rings. The number of nitrogens with zero attached hydrogens (tertiary/aromatic N) is 1. The predicted molar refractivity (Wildman–Crippen MR) is 77.2 cm³/mol. The third-order valence-corrected chi connectivity index (χ3v) is 3.47. The van der Waals surface area contributed by atoms with Crippen molar-refractivity contribution in [2.24, 2.45) is 0 Å². The number of ketones is 1. The van der Waals surface area contributed by atoms with Crippen LogP contribution < -0.4 is 0 Å². The first-order chi connectivity index (χ1) is 9.16. The van der Waals surface area contributed by atoms with Gasteiger partial charge >= 0.3 is 0 Å². The fourth-order valence-electron chi connectivity index (χ4n) is 2.08. The maximum atomic E-state index is 12.2. The molecule has 0 fully saturated rings. The molecule has 0 saturated heterocycles. The SMILES string of the molecule is Cc1ccc(CCC(=O)C(C)c2ccncc2)cc1. The first-order valence-corrected chi connectivity index (χ1v) is 6.65. The van der Waals surface area contributed by atoms with Gasteiger partial charge in [-0.15, -0.1) is 0 Å². The zero-order valence-corrected chi connectivity index (χ0v) is 11.5. The van der Waals surface area contributed by atoms with E-state index in [1.165, 1.54) is 11.1 Å². The van der Waals surface area contributed by atoms with E-state index in [-0.39, 0.29) is 11.7 Å². The first kappa shape index (κ1) is 13.5. The van der Waals surface area contributed by atoms with Crippen molar-refractivity contribution in [2.75, 3.05) is 0 Å². The molecule has 1 heterocycles. The quantitative estimate of drug-likeness (QED) is 0.813. The number of pyridine rings is 1. The normalized spacial score (nSPS) is 12.1. The third kappa shape index (κ3) is 3.75. The van der Waals surface area contributed by atoms with Crippen molar-refractivity contribution >= 4 is 5.78 Å². The van der Waals surface area contributed by atoms with Gasteiger partial charge in [-0.05, 0) is 36.6 Å². The summed E-state index contributed by atoms with van der Waals surface area (Å²) in [5.41, 5.74) is 3.52. The van der Waals surface area contributed by atoms with Crippen LogP contribution in [0.3, 0.4) is 0 Å². The van der Waals surface area contributed by atoms with E-state index in [1.807, 2.05) is 19.1 Å². The molecular formula is C17H19NO. The van der Waals surface area contributed by atoms with Crippen LogP contribution in [-0.4, -0.2) is 10.8 Å². The van der Waals surface area contributed by atoms with Crippen molar-refractivity contribution < 1.29 is 4.79 Å². The number of aryl methyl sites for hydroxylation is 2. The zero-order valence-electron chi connectivity index (χ0n) is 11.5. The molecule has 1 aromatic heterocycles. The molecule has 0 aliphatic rings. The van der Waals surface area contributed by atoms with Crippen molar-refractivity contribution in [1.29, 1.82) is 0 Å². The maximum absolute atomic E-state index is 12.2. The summed E-state index contributed by atoms with van der Waals surface area (Å²) in [5, 5.41) is 0. The molecule has 1 atom stereocenters. The van der Waals surface area contributed by atoms with Crippen LogP contribution in [-0.2, 0) is 11.2 Å². The van der Waals surface area contributed by atoms with E-state index >= 15 is 0 Å². The molecule has 0 aliphatic heterocycles. The lowest BCUT2D eigenvalue weighted by atomic mass is 9.93. The highest BCUT2D eigenvalue weighted by Crippen LogP contribution is 2.18. The Hall–Kier alpha value is -1.96. The van der Waals surface area contributed by atoms with E-state index in [0.717, 1.165) is 12.0 Å². The number of carbonyl (C=O) groups excluding carboxylic acids is 1. The van der Waals surface area contributed by atoms with Crippen molar-refractivity contribution in [2.45, 2.75) is 32.6 Å². The van der Waals surface area contributed by atoms with E-state index < -0.39 is 0 Å². The number of aromatic nitrogens is 1. The fraction of sp³-hybridized carbons (Fsp3) is 0.294. The van der Waals surface area contributed by atoms with Gasteiger partial charge in [-0.25, -0.2) is 0 Å². The molecule has 1 aromatic carbocycles.